The van der Waals surface area contributed by atoms with Crippen molar-refractivity contribution in [2.75, 3.05) is 0 Å². The first-order chi connectivity index (χ1) is 8.33. The maximum absolute atomic E-state index is 3.56. The Morgan fingerprint density at radius 2 is 2.18 bits per heavy atom. The lowest BCUT2D eigenvalue weighted by Crippen LogP contribution is -2.21. The maximum atomic E-state index is 3.56. The van der Waals surface area contributed by atoms with Crippen LogP contribution in [0.15, 0.2) is 42.0 Å². The second-order valence-electron chi connectivity index (χ2n) is 4.84. The minimum atomic E-state index is 1.04. The Labute approximate surface area is 99.5 Å². The third kappa shape index (κ3) is 1.14. The van der Waals surface area contributed by atoms with Crippen molar-refractivity contribution in [1.29, 1.82) is 0 Å². The summed E-state index contributed by atoms with van der Waals surface area (Å²) in [5, 5.41) is 4.04. The summed E-state index contributed by atoms with van der Waals surface area (Å²) >= 11 is 0. The molecule has 0 saturated carbocycles. The molecule has 2 aromatic rings. The van der Waals surface area contributed by atoms with Crippen LogP contribution in [0.4, 0.5) is 0 Å². The Hall–Kier alpha value is -2.02. The number of hydrogen-bond acceptors (Lipinski definition) is 0. The van der Waals surface area contributed by atoms with Gasteiger partial charge < -0.3 is 4.98 Å². The van der Waals surface area contributed by atoms with Crippen LogP contribution in [0.25, 0.3) is 22.6 Å². The first-order valence-electron chi connectivity index (χ1n) is 6.03. The van der Waals surface area contributed by atoms with E-state index in [1.54, 1.807) is 0 Å². The summed E-state index contributed by atoms with van der Waals surface area (Å²) < 4.78 is 0. The number of aryl methyl sites for hydroxylation is 1. The molecule has 4 rings (SSSR count). The molecule has 0 unspecified atom stereocenters. The molecule has 1 heterocycles. The van der Waals surface area contributed by atoms with Crippen LogP contribution in [-0.4, -0.2) is 4.98 Å². The summed E-state index contributed by atoms with van der Waals surface area (Å²) in [6, 6.07) is 6.61. The van der Waals surface area contributed by atoms with Gasteiger partial charge in [0.25, 0.3) is 0 Å². The van der Waals surface area contributed by atoms with Crippen LogP contribution in [0, 0.1) is 6.92 Å². The average Bonchev–Trinajstić information content (AvgIpc) is 2.85. The standard InChI is InChI=1S/C16H13N/c1-10-6-7-15-13(8-10)14-9-11-4-2-3-5-12(11)16(14)17-15/h2-4,6-9,17H,5H2,1H3. The lowest BCUT2D eigenvalue weighted by atomic mass is 10.0. The number of fused-ring (bicyclic) bond motifs is 4. The van der Waals surface area contributed by atoms with Crippen LogP contribution in [-0.2, 0) is 0 Å². The molecule has 0 bridgehead atoms. The molecule has 82 valence electrons. The molecule has 0 aliphatic heterocycles. The predicted molar refractivity (Wildman–Crippen MR) is 72.0 cm³/mol. The molecule has 0 radical (unpaired) electrons. The van der Waals surface area contributed by atoms with E-state index in [0.29, 0.717) is 0 Å². The SMILES string of the molecule is Cc1ccc2[nH]c3c(c2c1)=CC1=CC=CCC=31. The van der Waals surface area contributed by atoms with E-state index in [4.69, 9.17) is 0 Å². The summed E-state index contributed by atoms with van der Waals surface area (Å²) in [4.78, 5) is 3.56. The van der Waals surface area contributed by atoms with Gasteiger partial charge in [0.2, 0.25) is 0 Å². The Morgan fingerprint density at radius 3 is 3.12 bits per heavy atom. The molecule has 17 heavy (non-hydrogen) atoms. The lowest BCUT2D eigenvalue weighted by Gasteiger charge is -2.04. The molecule has 2 aliphatic carbocycles. The van der Waals surface area contributed by atoms with E-state index in [2.05, 4.69) is 54.4 Å². The summed E-state index contributed by atoms with van der Waals surface area (Å²) in [5.74, 6) is 0. The van der Waals surface area contributed by atoms with Gasteiger partial charge in [-0.2, -0.15) is 0 Å². The predicted octanol–water partition coefficient (Wildman–Crippen LogP) is 2.31. The van der Waals surface area contributed by atoms with Crippen LogP contribution in [0.2, 0.25) is 0 Å². The van der Waals surface area contributed by atoms with Gasteiger partial charge in [-0.05, 0) is 42.7 Å². The second-order valence-corrected chi connectivity index (χ2v) is 4.84. The number of nitrogens with one attached hydrogen (secondary N) is 1. The smallest absolute Gasteiger partial charge is 0.0506 e. The molecule has 0 atom stereocenters. The normalized spacial score (nSPS) is 16.8. The molecule has 1 nitrogen and oxygen atoms in total. The van der Waals surface area contributed by atoms with Gasteiger partial charge in [-0.1, -0.05) is 29.9 Å². The van der Waals surface area contributed by atoms with E-state index in [0.717, 1.165) is 6.42 Å². The van der Waals surface area contributed by atoms with Gasteiger partial charge in [-0.25, -0.2) is 0 Å². The largest absolute Gasteiger partial charge is 0.354 e. The molecule has 0 amide bonds. The van der Waals surface area contributed by atoms with Crippen molar-refractivity contribution < 1.29 is 0 Å². The van der Waals surface area contributed by atoms with Gasteiger partial charge in [0.05, 0.1) is 5.35 Å². The number of aromatic nitrogens is 1. The van der Waals surface area contributed by atoms with Crippen LogP contribution < -0.4 is 10.6 Å². The average molecular weight is 219 g/mol. The van der Waals surface area contributed by atoms with Crippen LogP contribution in [0.1, 0.15) is 12.0 Å². The molecule has 1 aromatic heterocycles. The summed E-state index contributed by atoms with van der Waals surface area (Å²) in [6.45, 7) is 2.15. The summed E-state index contributed by atoms with van der Waals surface area (Å²) in [7, 11) is 0. The quantitative estimate of drug-likeness (QED) is 0.700. The zero-order valence-electron chi connectivity index (χ0n) is 9.75. The number of aromatic amines is 1. The van der Waals surface area contributed by atoms with Gasteiger partial charge in [-0.3, -0.25) is 0 Å². The Kier molecular flexibility index (Phi) is 1.60. The van der Waals surface area contributed by atoms with Crippen molar-refractivity contribution >= 4 is 22.6 Å². The van der Waals surface area contributed by atoms with Crippen molar-refractivity contribution in [3.8, 4) is 0 Å². The van der Waals surface area contributed by atoms with Crippen LogP contribution in [0.5, 0.6) is 0 Å². The highest BCUT2D eigenvalue weighted by atomic mass is 14.7. The van der Waals surface area contributed by atoms with Gasteiger partial charge in [0.1, 0.15) is 0 Å². The number of H-pyrrole nitrogens is 1. The topological polar surface area (TPSA) is 15.8 Å². The van der Waals surface area contributed by atoms with Gasteiger partial charge in [0, 0.05) is 16.1 Å². The third-order valence-electron chi connectivity index (χ3n) is 3.68. The molecule has 0 saturated heterocycles. The van der Waals surface area contributed by atoms with Crippen molar-refractivity contribution in [3.05, 3.63) is 58.1 Å². The van der Waals surface area contributed by atoms with Crippen LogP contribution in [0.3, 0.4) is 0 Å². The van der Waals surface area contributed by atoms with Crippen LogP contribution >= 0.6 is 0 Å². The molecule has 0 spiro atoms. The van der Waals surface area contributed by atoms with Gasteiger partial charge in [0.15, 0.2) is 0 Å². The first-order valence-corrected chi connectivity index (χ1v) is 6.03. The second kappa shape index (κ2) is 3.01. The van der Waals surface area contributed by atoms with E-state index < -0.39 is 0 Å². The zero-order valence-corrected chi connectivity index (χ0v) is 9.75. The van der Waals surface area contributed by atoms with Crippen molar-refractivity contribution in [1.82, 2.24) is 4.98 Å². The zero-order chi connectivity index (χ0) is 11.4. The van der Waals surface area contributed by atoms with Gasteiger partial charge in [-0.15, -0.1) is 0 Å². The Balaban J connectivity index is 2.21. The fraction of sp³-hybridized carbons (Fsp3) is 0.125. The number of benzene rings is 1. The number of rotatable bonds is 0. The van der Waals surface area contributed by atoms with E-state index in [-0.39, 0.29) is 0 Å². The van der Waals surface area contributed by atoms with Gasteiger partial charge >= 0.3 is 0 Å². The minimum absolute atomic E-state index is 1.04. The highest BCUT2D eigenvalue weighted by Crippen LogP contribution is 2.24. The Bertz CT molecular complexity index is 813. The molecule has 1 heteroatoms. The number of hydrogen-bond donors (Lipinski definition) is 1. The minimum Gasteiger partial charge on any atom is -0.354 e. The highest BCUT2D eigenvalue weighted by Gasteiger charge is 2.15. The lowest BCUT2D eigenvalue weighted by molar-refractivity contribution is 1.28. The molecule has 1 aromatic carbocycles. The molecule has 0 fully saturated rings. The van der Waals surface area contributed by atoms with Crippen molar-refractivity contribution in [3.63, 3.8) is 0 Å². The summed E-state index contributed by atoms with van der Waals surface area (Å²) in [6.07, 6.45) is 9.93. The van der Waals surface area contributed by atoms with Crippen molar-refractivity contribution in [2.24, 2.45) is 0 Å². The first kappa shape index (κ1) is 9.06. The van der Waals surface area contributed by atoms with E-state index in [9.17, 15) is 0 Å². The van der Waals surface area contributed by atoms with E-state index >= 15 is 0 Å². The molecule has 2 aliphatic rings. The maximum Gasteiger partial charge on any atom is 0.0506 e. The van der Waals surface area contributed by atoms with E-state index in [1.165, 1.54) is 38.2 Å². The molecular weight excluding hydrogens is 206 g/mol. The number of allylic oxidation sites excluding steroid dienone is 4. The summed E-state index contributed by atoms with van der Waals surface area (Å²) in [5.41, 5.74) is 5.38. The monoisotopic (exact) mass is 219 g/mol. The Morgan fingerprint density at radius 1 is 1.24 bits per heavy atom. The molecular formula is C16H13N. The fourth-order valence-corrected chi connectivity index (χ4v) is 2.83. The van der Waals surface area contributed by atoms with Crippen molar-refractivity contribution in [2.45, 2.75) is 13.3 Å². The third-order valence-corrected chi connectivity index (χ3v) is 3.68. The molecule has 1 N–H and O–H groups in total. The fourth-order valence-electron chi connectivity index (χ4n) is 2.83. The van der Waals surface area contributed by atoms with E-state index in [1.807, 2.05) is 0 Å². The highest BCUT2D eigenvalue weighted by molar-refractivity contribution is 5.92.